The molecule has 0 heterocycles. The van der Waals surface area contributed by atoms with Gasteiger partial charge >= 0.3 is 36.4 Å². The molecule has 0 unspecified atom stereocenters. The predicted octanol–water partition coefficient (Wildman–Crippen LogP) is 1.05. The van der Waals surface area contributed by atoms with E-state index in [1.165, 1.54) is 0 Å². The van der Waals surface area contributed by atoms with Gasteiger partial charge in [-0.1, -0.05) is 0 Å². The van der Waals surface area contributed by atoms with Crippen molar-refractivity contribution in [3.05, 3.63) is 0 Å². The average Bonchev–Trinajstić information content (AvgIpc) is 0.811. The Morgan fingerprint density at radius 1 is 1.50 bits per heavy atom. The Kier molecular flexibility index (Phi) is 2.95. The molecule has 0 spiro atoms. The van der Waals surface area contributed by atoms with E-state index in [-0.39, 0.29) is 0 Å². The summed E-state index contributed by atoms with van der Waals surface area (Å²) in [5, 5.41) is 0. The van der Waals surface area contributed by atoms with Crippen LogP contribution in [0.15, 0.2) is 0 Å². The molecule has 0 fully saturated rings. The van der Waals surface area contributed by atoms with Crippen molar-refractivity contribution in [3.63, 3.8) is 0 Å². The van der Waals surface area contributed by atoms with Crippen LogP contribution in [-0.2, 0) is 0 Å². The second-order valence-electron chi connectivity index (χ2n) is 0.215. The molecule has 0 rings (SSSR count). The molecule has 0 aromatic heterocycles. The van der Waals surface area contributed by atoms with Crippen LogP contribution in [0.25, 0.3) is 0 Å². The molecule has 0 aliphatic carbocycles. The molecule has 0 bridgehead atoms. The molecule has 0 aliphatic rings. The second kappa shape index (κ2) is 2.32. The van der Waals surface area contributed by atoms with Gasteiger partial charge in [0.25, 0.3) is 0 Å². The van der Waals surface area contributed by atoms with Gasteiger partial charge < -0.3 is 0 Å². The third-order valence-electron chi connectivity index (χ3n) is 0. The van der Waals surface area contributed by atoms with Gasteiger partial charge in [-0.05, 0) is 0 Å². The zero-order chi connectivity index (χ0) is 3.58. The van der Waals surface area contributed by atoms with Crippen molar-refractivity contribution in [1.29, 1.82) is 0 Å². The molecule has 0 aromatic rings. The number of hydrogen-bond acceptors (Lipinski definition) is 0. The quantitative estimate of drug-likeness (QED) is 0.402. The van der Waals surface area contributed by atoms with Crippen molar-refractivity contribution in [2.75, 3.05) is 0 Å². The molecule has 0 N–H and O–H groups in total. The molecule has 0 aromatic carbocycles. The normalized spacial score (nSPS) is 9.00. The molecule has 4 heteroatoms. The minimum atomic E-state index is -2.57. The summed E-state index contributed by atoms with van der Waals surface area (Å²) in [7, 11) is 0. The molecule has 0 saturated carbocycles. The van der Waals surface area contributed by atoms with E-state index in [1.807, 2.05) is 0 Å². The molecule has 0 aliphatic heterocycles. The van der Waals surface area contributed by atoms with E-state index in [4.69, 9.17) is 0 Å². The first kappa shape index (κ1) is 5.08. The van der Waals surface area contributed by atoms with Gasteiger partial charge in [-0.25, -0.2) is 0 Å². The van der Waals surface area contributed by atoms with Crippen LogP contribution in [-0.4, -0.2) is 21.7 Å². The average molecular weight is 198 g/mol. The van der Waals surface area contributed by atoms with E-state index in [2.05, 4.69) is 0 Å². The molecular weight excluding hydrogens is 197 g/mol. The Hall–Kier alpha value is 1.08. The van der Waals surface area contributed by atoms with Crippen molar-refractivity contribution in [2.45, 2.75) is 0 Å². The van der Waals surface area contributed by atoms with Gasteiger partial charge in [0.15, 0.2) is 0 Å². The molecule has 4 heavy (non-hydrogen) atoms. The number of rotatable bonds is 0. The van der Waals surface area contributed by atoms with E-state index in [0.717, 1.165) is 0 Å². The molecular formula is HF2PTe. The molecule has 26 valence electrons. The Morgan fingerprint density at radius 2 is 1.50 bits per heavy atom. The Bertz CT molecular complexity index is 10.8. The van der Waals surface area contributed by atoms with Crippen molar-refractivity contribution in [3.8, 4) is 0 Å². The summed E-state index contributed by atoms with van der Waals surface area (Å²) < 4.78 is 20.8. The van der Waals surface area contributed by atoms with E-state index >= 15 is 0 Å². The first-order chi connectivity index (χ1) is 1.73. The Balaban J connectivity index is 2.32. The summed E-state index contributed by atoms with van der Waals surface area (Å²) in [6.45, 7) is 0. The minimum absolute atomic E-state index is 0.604. The molecule has 0 atom stereocenters. The molecule has 0 radical (unpaired) electrons. The van der Waals surface area contributed by atoms with Crippen LogP contribution in [0.2, 0.25) is 0 Å². The zero-order valence-corrected chi connectivity index (χ0v) is 5.10. The zero-order valence-electron chi connectivity index (χ0n) is 1.65. The van der Waals surface area contributed by atoms with Crippen LogP contribution in [0.1, 0.15) is 0 Å². The predicted molar refractivity (Wildman–Crippen MR) is 16.3 cm³/mol. The fraction of sp³-hybridized carbons (Fsp3) is 0. The maximum absolute atomic E-state index is 10.4. The van der Waals surface area contributed by atoms with Crippen LogP contribution in [0.5, 0.6) is 0 Å². The van der Waals surface area contributed by atoms with Gasteiger partial charge in [0.05, 0.1) is 0 Å². The molecule has 0 saturated heterocycles. The van der Waals surface area contributed by atoms with Crippen LogP contribution in [0.3, 0.4) is 0 Å². The van der Waals surface area contributed by atoms with Crippen molar-refractivity contribution in [2.24, 2.45) is 0 Å². The summed E-state index contributed by atoms with van der Waals surface area (Å²) in [6.07, 6.45) is -2.57. The molecule has 0 amide bonds. The van der Waals surface area contributed by atoms with E-state index in [9.17, 15) is 8.39 Å². The summed E-state index contributed by atoms with van der Waals surface area (Å²) in [5.74, 6) is 0. The first-order valence-corrected chi connectivity index (χ1v) is 5.04. The number of hydrogen-bond donors (Lipinski definition) is 0. The van der Waals surface area contributed by atoms with Gasteiger partial charge in [-0.2, -0.15) is 0 Å². The third kappa shape index (κ3) is 11.4. The van der Waals surface area contributed by atoms with Crippen LogP contribution < -0.4 is 0 Å². The first-order valence-electron chi connectivity index (χ1n) is 0.538. The number of halogens is 2. The van der Waals surface area contributed by atoms with Gasteiger partial charge in [0, 0.05) is 0 Å². The van der Waals surface area contributed by atoms with Gasteiger partial charge in [0.2, 0.25) is 0 Å². The van der Waals surface area contributed by atoms with Crippen molar-refractivity contribution < 1.29 is 8.39 Å². The third-order valence-corrected chi connectivity index (χ3v) is 0. The summed E-state index contributed by atoms with van der Waals surface area (Å²) in [5.41, 5.74) is 0. The van der Waals surface area contributed by atoms with Gasteiger partial charge in [0.1, 0.15) is 0 Å². The Labute approximate surface area is 36.8 Å². The SMILES string of the molecule is FP(F)[TeH]. The van der Waals surface area contributed by atoms with Crippen LogP contribution in [0, 0.1) is 0 Å². The fourth-order valence-corrected chi connectivity index (χ4v) is 0. The fourth-order valence-electron chi connectivity index (χ4n) is 0. The van der Waals surface area contributed by atoms with Gasteiger partial charge in [-0.15, -0.1) is 0 Å². The Morgan fingerprint density at radius 3 is 1.50 bits per heavy atom. The second-order valence-corrected chi connectivity index (χ2v) is 3.23. The summed E-state index contributed by atoms with van der Waals surface area (Å²) in [4.78, 5) is 0. The monoisotopic (exact) mass is 200 g/mol. The van der Waals surface area contributed by atoms with E-state index in [0.29, 0.717) is 21.7 Å². The maximum atomic E-state index is 10.4. The van der Waals surface area contributed by atoms with Crippen LogP contribution in [0.4, 0.5) is 8.39 Å². The standard InChI is InChI=1S/F2HPTe/c1-3(2)4/h4H. The van der Waals surface area contributed by atoms with Crippen molar-refractivity contribution >= 4 is 28.0 Å². The van der Waals surface area contributed by atoms with Gasteiger partial charge in [-0.3, -0.25) is 0 Å². The van der Waals surface area contributed by atoms with Crippen molar-refractivity contribution in [1.82, 2.24) is 0 Å². The van der Waals surface area contributed by atoms with Crippen LogP contribution >= 0.6 is 6.23 Å². The van der Waals surface area contributed by atoms with E-state index in [1.54, 1.807) is 0 Å². The van der Waals surface area contributed by atoms with E-state index < -0.39 is 6.23 Å². The summed E-state index contributed by atoms with van der Waals surface area (Å²) >= 11 is 0.604. The topological polar surface area (TPSA) is 0 Å². The molecule has 0 nitrogen and oxygen atoms in total. The summed E-state index contributed by atoms with van der Waals surface area (Å²) in [6, 6.07) is 0.